The molecule has 6 N–H and O–H groups in total. The number of ether oxygens (including phenoxy) is 1. The highest BCUT2D eigenvalue weighted by Gasteiger charge is 2.39. The maximum atomic E-state index is 13.3. The number of carboxylic acid groups (broad SMARTS) is 1. The number of hydrogen-bond acceptors (Lipinski definition) is 7. The molecule has 13 heteroatoms. The van der Waals surface area contributed by atoms with Crippen molar-refractivity contribution in [1.29, 1.82) is 0 Å². The van der Waals surface area contributed by atoms with E-state index in [0.29, 0.717) is 54.8 Å². The number of aryl methyl sites for hydroxylation is 1. The maximum absolute atomic E-state index is 13.3. The number of fused-ring (bicyclic) bond motifs is 1. The summed E-state index contributed by atoms with van der Waals surface area (Å²) in [6.07, 6.45) is -0.325. The van der Waals surface area contributed by atoms with Crippen LogP contribution in [0.2, 0.25) is 23.2 Å². The molecule has 0 unspecified atom stereocenters. The minimum atomic E-state index is -2.28. The number of anilines is 1. The number of carbonyl (C=O) groups excluding carboxylic acids is 1. The van der Waals surface area contributed by atoms with E-state index >= 15 is 0 Å². The molecule has 0 aliphatic carbocycles. The monoisotopic (exact) mass is 784 g/mol. The van der Waals surface area contributed by atoms with Crippen molar-refractivity contribution in [2.24, 2.45) is 0 Å². The molecule has 55 heavy (non-hydrogen) atoms. The summed E-state index contributed by atoms with van der Waals surface area (Å²) in [5.41, 5.74) is 5.03. The second kappa shape index (κ2) is 17.5. The molecule has 5 aromatic rings. The van der Waals surface area contributed by atoms with Crippen LogP contribution in [0.25, 0.3) is 22.0 Å². The number of phenols is 1. The lowest BCUT2D eigenvalue weighted by molar-refractivity contribution is 0.0953. The molecule has 0 aliphatic heterocycles. The van der Waals surface area contributed by atoms with Gasteiger partial charge in [-0.1, -0.05) is 80.9 Å². The molecule has 0 radical (unpaired) electrons. The van der Waals surface area contributed by atoms with Gasteiger partial charge >= 0.3 is 6.09 Å². The second-order valence-electron chi connectivity index (χ2n) is 15.0. The summed E-state index contributed by atoms with van der Waals surface area (Å²) in [7, 11) is -0.746. The third kappa shape index (κ3) is 10.1. The number of aromatic amines is 1. The minimum absolute atomic E-state index is 0.0167. The third-order valence-electron chi connectivity index (χ3n) is 10.1. The molecule has 0 saturated heterocycles. The van der Waals surface area contributed by atoms with Crippen LogP contribution in [0, 0.1) is 0 Å². The number of methoxy groups -OCH3 is 1. The van der Waals surface area contributed by atoms with E-state index in [9.17, 15) is 24.6 Å². The summed E-state index contributed by atoms with van der Waals surface area (Å²) in [4.78, 5) is 39.6. The Hall–Kier alpha value is -5.14. The quantitative estimate of drug-likeness (QED) is 0.0453. The number of benzene rings is 4. The van der Waals surface area contributed by atoms with Gasteiger partial charge in [-0.3, -0.25) is 14.9 Å². The smallest absolute Gasteiger partial charge is 0.409 e. The molecule has 1 atom stereocenters. The van der Waals surface area contributed by atoms with Crippen LogP contribution in [0.1, 0.15) is 60.3 Å². The van der Waals surface area contributed by atoms with Crippen LogP contribution in [0.4, 0.5) is 10.5 Å². The molecule has 290 valence electrons. The highest BCUT2D eigenvalue weighted by atomic mass is 35.5. The maximum Gasteiger partial charge on any atom is 0.409 e. The van der Waals surface area contributed by atoms with E-state index in [2.05, 4.69) is 54.8 Å². The lowest BCUT2D eigenvalue weighted by Gasteiger charge is -2.39. The largest absolute Gasteiger partial charge is 0.506 e. The average Bonchev–Trinajstić information content (AvgIpc) is 3.13. The van der Waals surface area contributed by atoms with Gasteiger partial charge in [0.2, 0.25) is 5.56 Å². The molecular weight excluding hydrogens is 736 g/mol. The van der Waals surface area contributed by atoms with E-state index < -0.39 is 20.5 Å². The molecule has 5 rings (SSSR count). The number of H-pyrrole nitrogens is 1. The summed E-state index contributed by atoms with van der Waals surface area (Å²) in [5.74, 6) is 0.140. The van der Waals surface area contributed by atoms with Gasteiger partial charge in [0.15, 0.2) is 8.32 Å². The highest BCUT2D eigenvalue weighted by Crippen LogP contribution is 2.41. The summed E-state index contributed by atoms with van der Waals surface area (Å²) >= 11 is 6.68. The minimum Gasteiger partial charge on any atom is -0.506 e. The van der Waals surface area contributed by atoms with Crippen molar-refractivity contribution >= 4 is 48.5 Å². The molecule has 0 saturated carbocycles. The number of phenolic OH excluding ortho intramolecular Hbond substituents is 1. The van der Waals surface area contributed by atoms with Gasteiger partial charge in [0.25, 0.3) is 5.91 Å². The number of amides is 2. The Labute approximate surface area is 327 Å². The number of aromatic nitrogens is 1. The molecule has 0 fully saturated rings. The van der Waals surface area contributed by atoms with E-state index in [0.717, 1.165) is 27.8 Å². The topological polar surface area (TPSA) is 162 Å². The molecule has 0 bridgehead atoms. The first-order valence-electron chi connectivity index (χ1n) is 18.1. The van der Waals surface area contributed by atoms with Gasteiger partial charge in [0, 0.05) is 42.2 Å². The number of aromatic hydroxyl groups is 1. The molecule has 1 aromatic heterocycles. The van der Waals surface area contributed by atoms with Gasteiger partial charge in [0.1, 0.15) is 11.5 Å². The summed E-state index contributed by atoms with van der Waals surface area (Å²) in [6, 6.07) is 25.1. The summed E-state index contributed by atoms with van der Waals surface area (Å²) in [6.45, 7) is 12.0. The number of halogens is 1. The highest BCUT2D eigenvalue weighted by molar-refractivity contribution is 6.74. The Morgan fingerprint density at radius 2 is 1.73 bits per heavy atom. The first-order valence-corrected chi connectivity index (χ1v) is 21.4. The van der Waals surface area contributed by atoms with Gasteiger partial charge in [-0.25, -0.2) is 4.79 Å². The first kappa shape index (κ1) is 41.0. The fraction of sp³-hybridized carbons (Fsp3) is 0.310. The number of pyridine rings is 1. The van der Waals surface area contributed by atoms with Gasteiger partial charge < -0.3 is 35.0 Å². The molecule has 0 spiro atoms. The van der Waals surface area contributed by atoms with Crippen molar-refractivity contribution in [3.05, 3.63) is 123 Å². The van der Waals surface area contributed by atoms with Gasteiger partial charge in [-0.15, -0.1) is 0 Å². The van der Waals surface area contributed by atoms with Crippen molar-refractivity contribution in [3.63, 3.8) is 0 Å². The first-order chi connectivity index (χ1) is 26.1. The van der Waals surface area contributed by atoms with E-state index in [-0.39, 0.29) is 32.8 Å². The fourth-order valence-corrected chi connectivity index (χ4v) is 7.69. The Kier molecular flexibility index (Phi) is 13.1. The van der Waals surface area contributed by atoms with Crippen LogP contribution < -0.4 is 26.2 Å². The molecule has 2 amide bonds. The van der Waals surface area contributed by atoms with Crippen molar-refractivity contribution in [2.75, 3.05) is 25.5 Å². The van der Waals surface area contributed by atoms with Gasteiger partial charge in [-0.05, 0) is 78.0 Å². The number of nitrogens with one attached hydrogen (secondary N) is 4. The van der Waals surface area contributed by atoms with Crippen molar-refractivity contribution in [1.82, 2.24) is 15.6 Å². The van der Waals surface area contributed by atoms with Crippen LogP contribution in [-0.2, 0) is 17.4 Å². The Morgan fingerprint density at radius 3 is 2.42 bits per heavy atom. The Bertz CT molecular complexity index is 2220. The number of carbonyl (C=O) groups is 2. The molecule has 4 aromatic carbocycles. The lowest BCUT2D eigenvalue weighted by Crippen LogP contribution is -2.43. The third-order valence-corrected chi connectivity index (χ3v) is 14.9. The standard InChI is InChI=1S/C42H49ClN4O7Si/c1-42(2,3)55(5,6)54-37(30-16-18-35(48)39-31(30)17-19-38(49)47-39)25-44-24-28-22-33(43)32(23-36(28)53-4)40(50)45-20-10-11-26-14-15-29(27-12-8-7-9-13-27)34(21-26)46-41(51)52/h7-9,12-19,21-23,37,44,46,48H,10-11,20,24-25H2,1-6H3,(H,45,50)(H,47,49)(H,51,52)/t37-/m1/s1. The molecule has 1 heterocycles. The average molecular weight is 785 g/mol. The lowest BCUT2D eigenvalue weighted by atomic mass is 9.99. The molecule has 0 aliphatic rings. The predicted octanol–water partition coefficient (Wildman–Crippen LogP) is 8.87. The Balaban J connectivity index is 1.25. The zero-order valence-corrected chi connectivity index (χ0v) is 33.8. The van der Waals surface area contributed by atoms with E-state index in [4.69, 9.17) is 20.8 Å². The summed E-state index contributed by atoms with van der Waals surface area (Å²) in [5, 5.41) is 29.8. The molecule has 11 nitrogen and oxygen atoms in total. The van der Waals surface area contributed by atoms with Crippen LogP contribution in [0.5, 0.6) is 11.5 Å². The summed E-state index contributed by atoms with van der Waals surface area (Å²) < 4.78 is 12.6. The van der Waals surface area contributed by atoms with E-state index in [1.807, 2.05) is 54.6 Å². The van der Waals surface area contributed by atoms with Crippen LogP contribution in [0.3, 0.4) is 0 Å². The van der Waals surface area contributed by atoms with Gasteiger partial charge in [-0.2, -0.15) is 0 Å². The van der Waals surface area contributed by atoms with Crippen LogP contribution in [-0.4, -0.2) is 55.7 Å². The van der Waals surface area contributed by atoms with E-state index in [1.54, 1.807) is 24.3 Å². The zero-order valence-electron chi connectivity index (χ0n) is 32.0. The fourth-order valence-electron chi connectivity index (χ4n) is 6.15. The zero-order chi connectivity index (χ0) is 39.9. The number of rotatable bonds is 15. The van der Waals surface area contributed by atoms with Gasteiger partial charge in [0.05, 0.1) is 35.0 Å². The normalized spacial score (nSPS) is 12.3. The Morgan fingerprint density at radius 1 is 0.982 bits per heavy atom. The predicted molar refractivity (Wildman–Crippen MR) is 221 cm³/mol. The van der Waals surface area contributed by atoms with E-state index in [1.165, 1.54) is 13.2 Å². The second-order valence-corrected chi connectivity index (χ2v) is 20.1. The number of hydrogen-bond donors (Lipinski definition) is 6. The van der Waals surface area contributed by atoms with Crippen LogP contribution in [0.15, 0.2) is 89.7 Å². The van der Waals surface area contributed by atoms with Crippen molar-refractivity contribution in [2.45, 2.75) is 64.4 Å². The van der Waals surface area contributed by atoms with Crippen LogP contribution >= 0.6 is 11.6 Å². The molecular formula is C42H49ClN4O7Si. The van der Waals surface area contributed by atoms with Crippen molar-refractivity contribution in [3.8, 4) is 22.6 Å². The van der Waals surface area contributed by atoms with Crippen molar-refractivity contribution < 1.29 is 29.0 Å². The SMILES string of the molecule is COc1cc(C(=O)NCCCc2ccc(-c3ccccc3)c(NC(=O)O)c2)c(Cl)cc1CNC[C@@H](O[Si](C)(C)C(C)(C)C)c1ccc(O)c2[nH]c(=O)ccc12.